The summed E-state index contributed by atoms with van der Waals surface area (Å²) in [7, 11) is -3.03. The number of amides is 2. The molecule has 172 valence electrons. The number of hydrogen-bond donors (Lipinski definition) is 2. The van der Waals surface area contributed by atoms with Gasteiger partial charge in [-0.15, -0.1) is 0 Å². The molecule has 32 heavy (non-hydrogen) atoms. The van der Waals surface area contributed by atoms with Crippen molar-refractivity contribution in [3.05, 3.63) is 65.7 Å². The van der Waals surface area contributed by atoms with Crippen molar-refractivity contribution in [3.63, 3.8) is 0 Å². The van der Waals surface area contributed by atoms with Crippen molar-refractivity contribution >= 4 is 27.3 Å². The average Bonchev–Trinajstić information content (AvgIpc) is 3.14. The Morgan fingerprint density at radius 3 is 2.44 bits per heavy atom. The quantitative estimate of drug-likeness (QED) is 0.604. The van der Waals surface area contributed by atoms with E-state index in [1.54, 1.807) is 24.3 Å². The highest BCUT2D eigenvalue weighted by Crippen LogP contribution is 2.20. The number of rotatable bonds is 9. The van der Waals surface area contributed by atoms with Gasteiger partial charge in [-0.2, -0.15) is 0 Å². The van der Waals surface area contributed by atoms with Crippen LogP contribution in [0.15, 0.2) is 54.6 Å². The van der Waals surface area contributed by atoms with Gasteiger partial charge in [-0.1, -0.05) is 49.4 Å². The second-order valence-electron chi connectivity index (χ2n) is 8.23. The SMILES string of the molecule is CCCN(CC(=O)Nc1ccccc1C(=O)NC(C)c1ccccc1)C1CCS(=O)(=O)C1. The van der Waals surface area contributed by atoms with Crippen LogP contribution in [-0.2, 0) is 14.6 Å². The lowest BCUT2D eigenvalue weighted by Crippen LogP contribution is -2.42. The molecule has 3 rings (SSSR count). The normalized spacial score (nSPS) is 18.3. The molecule has 1 heterocycles. The molecule has 2 aromatic carbocycles. The van der Waals surface area contributed by atoms with Crippen molar-refractivity contribution in [2.45, 2.75) is 38.8 Å². The highest BCUT2D eigenvalue weighted by atomic mass is 32.2. The fraction of sp³-hybridized carbons (Fsp3) is 0.417. The van der Waals surface area contributed by atoms with Crippen molar-refractivity contribution in [1.29, 1.82) is 0 Å². The predicted octanol–water partition coefficient (Wildman–Crippen LogP) is 3.02. The molecule has 2 N–H and O–H groups in total. The van der Waals surface area contributed by atoms with Gasteiger partial charge >= 0.3 is 0 Å². The molecule has 0 aromatic heterocycles. The standard InChI is InChI=1S/C24H31N3O4S/c1-3-14-27(20-13-15-32(30,31)17-20)16-23(28)26-22-12-8-7-11-21(22)24(29)25-18(2)19-9-5-4-6-10-19/h4-12,18,20H,3,13-17H2,1-2H3,(H,25,29)(H,26,28). The number of benzene rings is 2. The maximum Gasteiger partial charge on any atom is 0.253 e. The molecule has 0 bridgehead atoms. The van der Waals surface area contributed by atoms with Gasteiger partial charge in [0.1, 0.15) is 0 Å². The molecule has 0 saturated carbocycles. The van der Waals surface area contributed by atoms with E-state index in [0.717, 1.165) is 12.0 Å². The van der Waals surface area contributed by atoms with E-state index in [2.05, 4.69) is 10.6 Å². The number of hydrogen-bond acceptors (Lipinski definition) is 5. The van der Waals surface area contributed by atoms with Crippen molar-refractivity contribution in [1.82, 2.24) is 10.2 Å². The Kier molecular flexibility index (Phi) is 8.04. The molecule has 1 aliphatic heterocycles. The molecule has 0 radical (unpaired) electrons. The van der Waals surface area contributed by atoms with Crippen molar-refractivity contribution < 1.29 is 18.0 Å². The monoisotopic (exact) mass is 457 g/mol. The molecule has 2 atom stereocenters. The number of sulfone groups is 1. The fourth-order valence-corrected chi connectivity index (χ4v) is 5.77. The molecule has 2 amide bonds. The summed E-state index contributed by atoms with van der Waals surface area (Å²) >= 11 is 0. The Labute approximate surface area is 190 Å². The lowest BCUT2D eigenvalue weighted by Gasteiger charge is -2.27. The summed E-state index contributed by atoms with van der Waals surface area (Å²) in [4.78, 5) is 27.6. The van der Waals surface area contributed by atoms with E-state index in [-0.39, 0.29) is 41.9 Å². The van der Waals surface area contributed by atoms with Gasteiger partial charge in [-0.05, 0) is 44.0 Å². The van der Waals surface area contributed by atoms with Crippen LogP contribution >= 0.6 is 0 Å². The summed E-state index contributed by atoms with van der Waals surface area (Å²) < 4.78 is 23.7. The summed E-state index contributed by atoms with van der Waals surface area (Å²) in [5, 5.41) is 5.82. The number of nitrogens with zero attached hydrogens (tertiary/aromatic N) is 1. The van der Waals surface area contributed by atoms with Gasteiger partial charge in [0.25, 0.3) is 5.91 Å². The Hall–Kier alpha value is -2.71. The predicted molar refractivity (Wildman–Crippen MR) is 126 cm³/mol. The fourth-order valence-electron chi connectivity index (χ4n) is 4.01. The molecule has 1 fully saturated rings. The third-order valence-electron chi connectivity index (χ3n) is 5.68. The molecule has 0 spiro atoms. The lowest BCUT2D eigenvalue weighted by atomic mass is 10.1. The third-order valence-corrected chi connectivity index (χ3v) is 7.43. The number of nitrogens with one attached hydrogen (secondary N) is 2. The van der Waals surface area contributed by atoms with E-state index in [1.807, 2.05) is 49.1 Å². The average molecular weight is 458 g/mol. The first-order valence-electron chi connectivity index (χ1n) is 11.0. The molecule has 2 unspecified atom stereocenters. The van der Waals surface area contributed by atoms with Crippen LogP contribution < -0.4 is 10.6 Å². The number of anilines is 1. The lowest BCUT2D eigenvalue weighted by molar-refractivity contribution is -0.117. The van der Waals surface area contributed by atoms with Gasteiger partial charge in [0.2, 0.25) is 5.91 Å². The minimum atomic E-state index is -3.03. The van der Waals surface area contributed by atoms with E-state index in [9.17, 15) is 18.0 Å². The summed E-state index contributed by atoms with van der Waals surface area (Å²) in [6.07, 6.45) is 1.37. The zero-order chi connectivity index (χ0) is 23.1. The minimum Gasteiger partial charge on any atom is -0.345 e. The van der Waals surface area contributed by atoms with Crippen LogP contribution in [0.2, 0.25) is 0 Å². The van der Waals surface area contributed by atoms with E-state index >= 15 is 0 Å². The van der Waals surface area contributed by atoms with Gasteiger partial charge in [-0.25, -0.2) is 8.42 Å². The zero-order valence-corrected chi connectivity index (χ0v) is 19.4. The Balaban J connectivity index is 1.67. The van der Waals surface area contributed by atoms with Crippen LogP contribution in [0.25, 0.3) is 0 Å². The van der Waals surface area contributed by atoms with Crippen LogP contribution in [0.4, 0.5) is 5.69 Å². The summed E-state index contributed by atoms with van der Waals surface area (Å²) in [5.41, 5.74) is 1.81. The van der Waals surface area contributed by atoms with Gasteiger partial charge in [0.05, 0.1) is 35.3 Å². The van der Waals surface area contributed by atoms with Crippen molar-refractivity contribution in [2.24, 2.45) is 0 Å². The van der Waals surface area contributed by atoms with Crippen LogP contribution in [-0.4, -0.2) is 55.8 Å². The van der Waals surface area contributed by atoms with E-state index in [1.165, 1.54) is 0 Å². The zero-order valence-electron chi connectivity index (χ0n) is 18.6. The van der Waals surface area contributed by atoms with Crippen LogP contribution in [0.1, 0.15) is 48.7 Å². The molecule has 2 aromatic rings. The second kappa shape index (κ2) is 10.7. The van der Waals surface area contributed by atoms with Gasteiger partial charge in [-0.3, -0.25) is 14.5 Å². The largest absolute Gasteiger partial charge is 0.345 e. The van der Waals surface area contributed by atoms with E-state index < -0.39 is 9.84 Å². The molecule has 7 nitrogen and oxygen atoms in total. The highest BCUT2D eigenvalue weighted by molar-refractivity contribution is 7.91. The number of para-hydroxylation sites is 1. The summed E-state index contributed by atoms with van der Waals surface area (Å²) in [5.74, 6) is -0.276. The smallest absolute Gasteiger partial charge is 0.253 e. The van der Waals surface area contributed by atoms with Gasteiger partial charge < -0.3 is 10.6 Å². The molecule has 1 aliphatic rings. The highest BCUT2D eigenvalue weighted by Gasteiger charge is 2.32. The van der Waals surface area contributed by atoms with Crippen LogP contribution in [0.5, 0.6) is 0 Å². The first-order chi connectivity index (χ1) is 15.3. The van der Waals surface area contributed by atoms with E-state index in [4.69, 9.17) is 0 Å². The Bertz CT molecular complexity index is 1040. The molecular formula is C24H31N3O4S. The maximum atomic E-state index is 12.9. The van der Waals surface area contributed by atoms with Crippen LogP contribution in [0.3, 0.4) is 0 Å². The van der Waals surface area contributed by atoms with Gasteiger partial charge in [0, 0.05) is 6.04 Å². The first kappa shape index (κ1) is 23.9. The molecule has 0 aliphatic carbocycles. The van der Waals surface area contributed by atoms with Crippen LogP contribution in [0, 0.1) is 0 Å². The maximum absolute atomic E-state index is 12.9. The summed E-state index contributed by atoms with van der Waals surface area (Å²) in [6, 6.07) is 16.2. The summed E-state index contributed by atoms with van der Waals surface area (Å²) in [6.45, 7) is 4.64. The number of carbonyl (C=O) groups is 2. The van der Waals surface area contributed by atoms with Crippen molar-refractivity contribution in [3.8, 4) is 0 Å². The Morgan fingerprint density at radius 1 is 1.09 bits per heavy atom. The second-order valence-corrected chi connectivity index (χ2v) is 10.5. The Morgan fingerprint density at radius 2 is 1.78 bits per heavy atom. The van der Waals surface area contributed by atoms with E-state index in [0.29, 0.717) is 24.2 Å². The minimum absolute atomic E-state index is 0.0877. The van der Waals surface area contributed by atoms with Gasteiger partial charge in [0.15, 0.2) is 9.84 Å². The third kappa shape index (κ3) is 6.40. The molecule has 1 saturated heterocycles. The molecule has 8 heteroatoms. The molecular weight excluding hydrogens is 426 g/mol. The first-order valence-corrected chi connectivity index (χ1v) is 12.8. The van der Waals surface area contributed by atoms with Crippen molar-refractivity contribution in [2.75, 3.05) is 29.9 Å². The number of carbonyl (C=O) groups excluding carboxylic acids is 2. The topological polar surface area (TPSA) is 95.6 Å².